The molecule has 0 amide bonds. The van der Waals surface area contributed by atoms with E-state index in [1.165, 1.54) is 18.5 Å². The van der Waals surface area contributed by atoms with Gasteiger partial charge in [0.1, 0.15) is 5.69 Å². The van der Waals surface area contributed by atoms with E-state index in [0.29, 0.717) is 0 Å². The quantitative estimate of drug-likeness (QED) is 0.668. The van der Waals surface area contributed by atoms with E-state index in [4.69, 9.17) is 0 Å². The fourth-order valence-corrected chi connectivity index (χ4v) is 1.71. The van der Waals surface area contributed by atoms with Crippen LogP contribution < -0.4 is 5.32 Å². The smallest absolute Gasteiger partial charge is 0.113 e. The first-order valence-corrected chi connectivity index (χ1v) is 5.73. The number of nitrogens with one attached hydrogen (secondary N) is 1. The Balaban J connectivity index is 2.04. The van der Waals surface area contributed by atoms with Gasteiger partial charge in [0.15, 0.2) is 0 Å². The molecule has 0 aromatic carbocycles. The van der Waals surface area contributed by atoms with Gasteiger partial charge in [-0.05, 0) is 44.2 Å². The predicted molar refractivity (Wildman–Crippen MR) is 65.8 cm³/mol. The van der Waals surface area contributed by atoms with Crippen LogP contribution in [0.5, 0.6) is 0 Å². The number of hydrogen-bond donors (Lipinski definition) is 1. The standard InChI is InChI=1S/C14H16N2/c1-12-6-4-9-14(16-12)10-5-8-13-7-2-3-11-15-13/h4,6,8-9,15H,2-3,7,11H2,1H3. The van der Waals surface area contributed by atoms with Gasteiger partial charge in [-0.3, -0.25) is 0 Å². The van der Waals surface area contributed by atoms with Crippen molar-refractivity contribution in [1.82, 2.24) is 10.3 Å². The maximum Gasteiger partial charge on any atom is 0.113 e. The fraction of sp³-hybridized carbons (Fsp3) is 0.357. The topological polar surface area (TPSA) is 24.9 Å². The fourth-order valence-electron chi connectivity index (χ4n) is 1.71. The molecule has 1 aliphatic rings. The van der Waals surface area contributed by atoms with Crippen LogP contribution in [0.25, 0.3) is 0 Å². The number of aromatic nitrogens is 1. The van der Waals surface area contributed by atoms with Gasteiger partial charge in [0.2, 0.25) is 0 Å². The summed E-state index contributed by atoms with van der Waals surface area (Å²) in [6.07, 6.45) is 5.63. The molecule has 1 aliphatic heterocycles. The number of nitrogens with zero attached hydrogens (tertiary/aromatic N) is 1. The van der Waals surface area contributed by atoms with Gasteiger partial charge in [0, 0.05) is 24.0 Å². The summed E-state index contributed by atoms with van der Waals surface area (Å²) >= 11 is 0. The van der Waals surface area contributed by atoms with Crippen molar-refractivity contribution < 1.29 is 0 Å². The van der Waals surface area contributed by atoms with Gasteiger partial charge in [0.05, 0.1) is 0 Å². The minimum absolute atomic E-state index is 0.840. The van der Waals surface area contributed by atoms with Gasteiger partial charge in [-0.1, -0.05) is 12.0 Å². The maximum absolute atomic E-state index is 4.33. The maximum atomic E-state index is 4.33. The van der Waals surface area contributed by atoms with Crippen molar-refractivity contribution in [3.8, 4) is 11.8 Å². The average molecular weight is 212 g/mol. The van der Waals surface area contributed by atoms with E-state index in [2.05, 4.69) is 22.1 Å². The SMILES string of the molecule is Cc1cccc(C#CC=C2CCCCN2)n1. The zero-order valence-electron chi connectivity index (χ0n) is 9.59. The van der Waals surface area contributed by atoms with Gasteiger partial charge in [-0.15, -0.1) is 0 Å². The van der Waals surface area contributed by atoms with E-state index >= 15 is 0 Å². The van der Waals surface area contributed by atoms with Gasteiger partial charge >= 0.3 is 0 Å². The highest BCUT2D eigenvalue weighted by atomic mass is 14.9. The Morgan fingerprint density at radius 1 is 1.38 bits per heavy atom. The number of allylic oxidation sites excluding steroid dienone is 2. The summed E-state index contributed by atoms with van der Waals surface area (Å²) < 4.78 is 0. The Hall–Kier alpha value is -1.75. The van der Waals surface area contributed by atoms with E-state index in [9.17, 15) is 0 Å². The Labute approximate surface area is 96.8 Å². The van der Waals surface area contributed by atoms with Crippen molar-refractivity contribution >= 4 is 0 Å². The number of hydrogen-bond acceptors (Lipinski definition) is 2. The molecule has 1 saturated heterocycles. The first kappa shape index (κ1) is 10.8. The van der Waals surface area contributed by atoms with Crippen LogP contribution in [0.2, 0.25) is 0 Å². The molecule has 0 radical (unpaired) electrons. The molecular formula is C14H16N2. The number of pyridine rings is 1. The van der Waals surface area contributed by atoms with Crippen molar-refractivity contribution in [2.75, 3.05) is 6.54 Å². The lowest BCUT2D eigenvalue weighted by molar-refractivity contribution is 0.588. The zero-order chi connectivity index (χ0) is 11.2. The van der Waals surface area contributed by atoms with Crippen molar-refractivity contribution in [3.05, 3.63) is 41.4 Å². The number of piperidine rings is 1. The molecule has 2 rings (SSSR count). The van der Waals surface area contributed by atoms with Crippen LogP contribution in [-0.2, 0) is 0 Å². The molecule has 16 heavy (non-hydrogen) atoms. The molecule has 2 heterocycles. The van der Waals surface area contributed by atoms with Crippen LogP contribution in [0, 0.1) is 18.8 Å². The van der Waals surface area contributed by atoms with Gasteiger partial charge in [-0.2, -0.15) is 0 Å². The lowest BCUT2D eigenvalue weighted by atomic mass is 10.1. The lowest BCUT2D eigenvalue weighted by Gasteiger charge is -2.14. The monoisotopic (exact) mass is 212 g/mol. The van der Waals surface area contributed by atoms with Crippen LogP contribution in [0.4, 0.5) is 0 Å². The second-order valence-electron chi connectivity index (χ2n) is 3.99. The normalized spacial score (nSPS) is 17.4. The molecule has 1 N–H and O–H groups in total. The molecule has 0 unspecified atom stereocenters. The van der Waals surface area contributed by atoms with E-state index in [0.717, 1.165) is 24.4 Å². The lowest BCUT2D eigenvalue weighted by Crippen LogP contribution is -2.19. The first-order valence-electron chi connectivity index (χ1n) is 5.73. The molecule has 0 spiro atoms. The van der Waals surface area contributed by atoms with Crippen molar-refractivity contribution in [2.45, 2.75) is 26.2 Å². The summed E-state index contributed by atoms with van der Waals surface area (Å²) in [5, 5.41) is 3.35. The van der Waals surface area contributed by atoms with Crippen LogP contribution in [0.3, 0.4) is 0 Å². The average Bonchev–Trinajstić information content (AvgIpc) is 2.30. The van der Waals surface area contributed by atoms with Gasteiger partial charge in [0.25, 0.3) is 0 Å². The minimum Gasteiger partial charge on any atom is -0.388 e. The number of rotatable bonds is 0. The highest BCUT2D eigenvalue weighted by Crippen LogP contribution is 2.09. The van der Waals surface area contributed by atoms with E-state index < -0.39 is 0 Å². The Morgan fingerprint density at radius 3 is 3.06 bits per heavy atom. The highest BCUT2D eigenvalue weighted by molar-refractivity contribution is 5.33. The van der Waals surface area contributed by atoms with E-state index in [1.54, 1.807) is 0 Å². The molecule has 0 saturated carbocycles. The van der Waals surface area contributed by atoms with Crippen LogP contribution in [-0.4, -0.2) is 11.5 Å². The molecule has 1 aromatic rings. The zero-order valence-corrected chi connectivity index (χ0v) is 9.59. The molecule has 2 heteroatoms. The molecular weight excluding hydrogens is 196 g/mol. The second-order valence-corrected chi connectivity index (χ2v) is 3.99. The van der Waals surface area contributed by atoms with E-state index in [-0.39, 0.29) is 0 Å². The summed E-state index contributed by atoms with van der Waals surface area (Å²) in [6, 6.07) is 5.90. The Bertz CT molecular complexity index is 441. The Kier molecular flexibility index (Phi) is 3.61. The molecule has 82 valence electrons. The summed E-state index contributed by atoms with van der Waals surface area (Å²) in [5.74, 6) is 6.12. The summed E-state index contributed by atoms with van der Waals surface area (Å²) in [4.78, 5) is 4.33. The van der Waals surface area contributed by atoms with Crippen molar-refractivity contribution in [3.63, 3.8) is 0 Å². The highest BCUT2D eigenvalue weighted by Gasteiger charge is 2.01. The molecule has 1 fully saturated rings. The summed E-state index contributed by atoms with van der Waals surface area (Å²) in [6.45, 7) is 3.06. The van der Waals surface area contributed by atoms with Crippen LogP contribution in [0.15, 0.2) is 30.0 Å². The van der Waals surface area contributed by atoms with E-state index in [1.807, 2.05) is 31.2 Å². The second kappa shape index (κ2) is 5.37. The minimum atomic E-state index is 0.840. The van der Waals surface area contributed by atoms with Gasteiger partial charge in [-0.25, -0.2) is 4.98 Å². The number of aryl methyl sites for hydroxylation is 1. The van der Waals surface area contributed by atoms with Crippen molar-refractivity contribution in [1.29, 1.82) is 0 Å². The molecule has 0 atom stereocenters. The third-order valence-electron chi connectivity index (χ3n) is 2.56. The van der Waals surface area contributed by atoms with Gasteiger partial charge < -0.3 is 5.32 Å². The predicted octanol–water partition coefficient (Wildman–Crippen LogP) is 2.40. The Morgan fingerprint density at radius 2 is 2.31 bits per heavy atom. The summed E-state index contributed by atoms with van der Waals surface area (Å²) in [5.41, 5.74) is 3.11. The third kappa shape index (κ3) is 3.13. The molecule has 0 aliphatic carbocycles. The van der Waals surface area contributed by atoms with Crippen molar-refractivity contribution in [2.24, 2.45) is 0 Å². The first-order chi connectivity index (χ1) is 7.84. The largest absolute Gasteiger partial charge is 0.388 e. The summed E-state index contributed by atoms with van der Waals surface area (Å²) in [7, 11) is 0. The van der Waals surface area contributed by atoms with Crippen LogP contribution in [0.1, 0.15) is 30.7 Å². The molecule has 2 nitrogen and oxygen atoms in total. The third-order valence-corrected chi connectivity index (χ3v) is 2.56. The molecule has 0 bridgehead atoms. The van der Waals surface area contributed by atoms with Crippen LogP contribution >= 0.6 is 0 Å². The molecule has 1 aromatic heterocycles.